The minimum Gasteiger partial charge on any atom is -0.319 e. The lowest BCUT2D eigenvalue weighted by atomic mass is 9.99. The van der Waals surface area contributed by atoms with Crippen molar-refractivity contribution in [3.05, 3.63) is 52.6 Å². The molecular weight excluding hydrogens is 428 g/mol. The van der Waals surface area contributed by atoms with E-state index in [1.165, 1.54) is 0 Å². The first-order valence-corrected chi connectivity index (χ1v) is 9.66. The highest BCUT2D eigenvalue weighted by Gasteiger charge is 2.21. The molecule has 0 bridgehead atoms. The monoisotopic (exact) mass is 453 g/mol. The number of hydrogen-bond acceptors (Lipinski definition) is 4. The van der Waals surface area contributed by atoms with Crippen molar-refractivity contribution < 1.29 is 9.18 Å². The Morgan fingerprint density at radius 2 is 2.13 bits per heavy atom. The number of rotatable bonds is 4. The van der Waals surface area contributed by atoms with Crippen LogP contribution in [0.4, 0.5) is 10.1 Å². The Balaban J connectivity index is 0.00000160. The number of pyridine rings is 1. The largest absolute Gasteiger partial charge is 0.319 e. The van der Waals surface area contributed by atoms with Crippen LogP contribution in [0.3, 0.4) is 0 Å². The SMILES string of the molecule is CCC(C)n1ncc2c(C(=O)Nc3ccc4c(c3F)CCNC4)cc(C)nc21.Cl.Cl. The highest BCUT2D eigenvalue weighted by molar-refractivity contribution is 6.12. The lowest BCUT2D eigenvalue weighted by molar-refractivity contribution is 0.102. The number of nitrogens with one attached hydrogen (secondary N) is 2. The number of nitrogens with zero attached hydrogens (tertiary/aromatic N) is 3. The predicted molar refractivity (Wildman–Crippen MR) is 122 cm³/mol. The molecular formula is C21H26Cl2FN5O. The molecule has 1 unspecified atom stereocenters. The minimum absolute atomic E-state index is 0. The van der Waals surface area contributed by atoms with Crippen molar-refractivity contribution in [3.63, 3.8) is 0 Å². The number of amides is 1. The number of aromatic nitrogens is 3. The summed E-state index contributed by atoms with van der Waals surface area (Å²) in [5.41, 5.74) is 3.69. The molecule has 4 rings (SSSR count). The topological polar surface area (TPSA) is 71.8 Å². The van der Waals surface area contributed by atoms with Gasteiger partial charge in [0.05, 0.1) is 28.9 Å². The van der Waals surface area contributed by atoms with Crippen molar-refractivity contribution in [2.45, 2.75) is 46.2 Å². The normalized spacial score (nSPS) is 13.7. The lowest BCUT2D eigenvalue weighted by Gasteiger charge is -2.19. The van der Waals surface area contributed by atoms with Crippen LogP contribution >= 0.6 is 24.8 Å². The van der Waals surface area contributed by atoms with Crippen LogP contribution < -0.4 is 10.6 Å². The molecule has 0 radical (unpaired) electrons. The van der Waals surface area contributed by atoms with E-state index in [4.69, 9.17) is 0 Å². The van der Waals surface area contributed by atoms with Crippen LogP contribution in [0.2, 0.25) is 0 Å². The number of hydrogen-bond donors (Lipinski definition) is 2. The molecule has 1 amide bonds. The van der Waals surface area contributed by atoms with Crippen LogP contribution in [0.25, 0.3) is 11.0 Å². The third-order valence-corrected chi connectivity index (χ3v) is 5.40. The van der Waals surface area contributed by atoms with Crippen LogP contribution in [0.1, 0.15) is 53.5 Å². The molecule has 162 valence electrons. The molecule has 0 saturated carbocycles. The maximum absolute atomic E-state index is 14.9. The first-order valence-electron chi connectivity index (χ1n) is 9.66. The van der Waals surface area contributed by atoms with Gasteiger partial charge in [0, 0.05) is 12.2 Å². The molecule has 9 heteroatoms. The molecule has 0 fully saturated rings. The number of carbonyl (C=O) groups is 1. The fourth-order valence-corrected chi connectivity index (χ4v) is 3.65. The fraction of sp³-hybridized carbons (Fsp3) is 0.381. The summed E-state index contributed by atoms with van der Waals surface area (Å²) in [5, 5.41) is 11.1. The van der Waals surface area contributed by atoms with E-state index in [0.717, 1.165) is 24.2 Å². The van der Waals surface area contributed by atoms with E-state index in [9.17, 15) is 9.18 Å². The Bertz CT molecular complexity index is 1070. The molecule has 2 N–H and O–H groups in total. The molecule has 1 aliphatic rings. The summed E-state index contributed by atoms with van der Waals surface area (Å²) in [4.78, 5) is 17.6. The highest BCUT2D eigenvalue weighted by atomic mass is 35.5. The van der Waals surface area contributed by atoms with E-state index in [0.29, 0.717) is 35.1 Å². The van der Waals surface area contributed by atoms with Gasteiger partial charge in [0.1, 0.15) is 5.82 Å². The van der Waals surface area contributed by atoms with Crippen LogP contribution in [0, 0.1) is 12.7 Å². The maximum Gasteiger partial charge on any atom is 0.256 e. The van der Waals surface area contributed by atoms with Gasteiger partial charge in [-0.15, -0.1) is 24.8 Å². The zero-order valence-corrected chi connectivity index (χ0v) is 18.8. The Morgan fingerprint density at radius 1 is 1.37 bits per heavy atom. The summed E-state index contributed by atoms with van der Waals surface area (Å²) in [7, 11) is 0. The van der Waals surface area contributed by atoms with Gasteiger partial charge in [-0.3, -0.25) is 4.79 Å². The molecule has 0 spiro atoms. The minimum atomic E-state index is -0.355. The lowest BCUT2D eigenvalue weighted by Crippen LogP contribution is -2.25. The van der Waals surface area contributed by atoms with Gasteiger partial charge < -0.3 is 10.6 Å². The van der Waals surface area contributed by atoms with Crippen molar-refractivity contribution in [2.75, 3.05) is 11.9 Å². The average molecular weight is 454 g/mol. The number of benzene rings is 1. The van der Waals surface area contributed by atoms with Crippen molar-refractivity contribution in [2.24, 2.45) is 0 Å². The average Bonchev–Trinajstić information content (AvgIpc) is 3.12. The maximum atomic E-state index is 14.9. The predicted octanol–water partition coefficient (Wildman–Crippen LogP) is 4.59. The second-order valence-corrected chi connectivity index (χ2v) is 7.34. The van der Waals surface area contributed by atoms with Gasteiger partial charge >= 0.3 is 0 Å². The fourth-order valence-electron chi connectivity index (χ4n) is 3.65. The van der Waals surface area contributed by atoms with E-state index >= 15 is 0 Å². The molecule has 1 aliphatic heterocycles. The van der Waals surface area contributed by atoms with Crippen LogP contribution in [-0.2, 0) is 13.0 Å². The highest BCUT2D eigenvalue weighted by Crippen LogP contribution is 2.27. The molecule has 3 aromatic rings. The summed E-state index contributed by atoms with van der Waals surface area (Å²) < 4.78 is 16.7. The first-order chi connectivity index (χ1) is 13.5. The van der Waals surface area contributed by atoms with Crippen molar-refractivity contribution >= 4 is 47.4 Å². The van der Waals surface area contributed by atoms with E-state index in [1.807, 2.05) is 17.7 Å². The van der Waals surface area contributed by atoms with Gasteiger partial charge in [-0.05, 0) is 56.5 Å². The van der Waals surface area contributed by atoms with E-state index < -0.39 is 0 Å². The zero-order chi connectivity index (χ0) is 19.8. The van der Waals surface area contributed by atoms with Crippen LogP contribution in [0.5, 0.6) is 0 Å². The number of anilines is 1. The van der Waals surface area contributed by atoms with Gasteiger partial charge in [-0.1, -0.05) is 13.0 Å². The Morgan fingerprint density at radius 3 is 2.87 bits per heavy atom. The van der Waals surface area contributed by atoms with Crippen molar-refractivity contribution in [1.82, 2.24) is 20.1 Å². The zero-order valence-electron chi connectivity index (χ0n) is 17.2. The Kier molecular flexibility index (Phi) is 7.80. The number of fused-ring (bicyclic) bond motifs is 2. The summed E-state index contributed by atoms with van der Waals surface area (Å²) in [5.74, 6) is -0.698. The molecule has 2 aromatic heterocycles. The smallest absolute Gasteiger partial charge is 0.256 e. The number of halogens is 3. The summed E-state index contributed by atoms with van der Waals surface area (Å²) in [6, 6.07) is 5.40. The van der Waals surface area contributed by atoms with Gasteiger partial charge in [0.25, 0.3) is 5.91 Å². The molecule has 30 heavy (non-hydrogen) atoms. The second kappa shape index (κ2) is 9.73. The van der Waals surface area contributed by atoms with Gasteiger partial charge in [-0.25, -0.2) is 14.1 Å². The standard InChI is InChI=1S/C21H24FN5O.2ClH/c1-4-13(3)27-20-17(11-24-27)16(9-12(2)25-20)21(28)26-18-6-5-14-10-23-8-7-15(14)19(18)22;;/h5-6,9,11,13,23H,4,7-8,10H2,1-3H3,(H,26,28);2*1H. The van der Waals surface area contributed by atoms with Gasteiger partial charge in [0.15, 0.2) is 5.65 Å². The van der Waals surface area contributed by atoms with Crippen LogP contribution in [0.15, 0.2) is 24.4 Å². The summed E-state index contributed by atoms with van der Waals surface area (Å²) in [6.45, 7) is 7.37. The number of aryl methyl sites for hydroxylation is 1. The van der Waals surface area contributed by atoms with E-state index in [1.54, 1.807) is 18.3 Å². The van der Waals surface area contributed by atoms with Gasteiger partial charge in [0.2, 0.25) is 0 Å². The second-order valence-electron chi connectivity index (χ2n) is 7.34. The molecule has 1 atom stereocenters. The third kappa shape index (κ3) is 4.29. The van der Waals surface area contributed by atoms with Crippen molar-refractivity contribution in [1.29, 1.82) is 0 Å². The Labute approximate surface area is 187 Å². The van der Waals surface area contributed by atoms with Crippen LogP contribution in [-0.4, -0.2) is 27.2 Å². The molecule has 0 aliphatic carbocycles. The van der Waals surface area contributed by atoms with Gasteiger partial charge in [-0.2, -0.15) is 5.10 Å². The number of carbonyl (C=O) groups excluding carboxylic acids is 1. The third-order valence-electron chi connectivity index (χ3n) is 5.40. The van der Waals surface area contributed by atoms with Crippen molar-refractivity contribution in [3.8, 4) is 0 Å². The molecule has 3 heterocycles. The molecule has 0 saturated heterocycles. The molecule has 1 aromatic carbocycles. The van der Waals surface area contributed by atoms with E-state index in [-0.39, 0.29) is 48.3 Å². The quantitative estimate of drug-likeness (QED) is 0.605. The molecule has 6 nitrogen and oxygen atoms in total. The van der Waals surface area contributed by atoms with E-state index in [2.05, 4.69) is 34.6 Å². The first kappa shape index (κ1) is 24.1. The summed E-state index contributed by atoms with van der Waals surface area (Å²) in [6.07, 6.45) is 3.19. The summed E-state index contributed by atoms with van der Waals surface area (Å²) >= 11 is 0. The Hall–Kier alpha value is -2.22.